The largest absolute Gasteiger partial charge is 0.388 e. The van der Waals surface area contributed by atoms with Crippen LogP contribution < -0.4 is 0 Å². The van der Waals surface area contributed by atoms with Gasteiger partial charge in [-0.2, -0.15) is 0 Å². The van der Waals surface area contributed by atoms with E-state index in [1.54, 1.807) is 12.1 Å². The highest BCUT2D eigenvalue weighted by Gasteiger charge is 2.06. The van der Waals surface area contributed by atoms with Crippen LogP contribution in [-0.2, 0) is 11.3 Å². The highest BCUT2D eigenvalue weighted by atomic mass is 35.5. The Balaban J connectivity index is 1.70. The van der Waals surface area contributed by atoms with Gasteiger partial charge in [0.2, 0.25) is 0 Å². The van der Waals surface area contributed by atoms with E-state index < -0.39 is 6.10 Å². The van der Waals surface area contributed by atoms with Gasteiger partial charge in [0.05, 0.1) is 19.3 Å². The van der Waals surface area contributed by atoms with Gasteiger partial charge in [-0.05, 0) is 35.6 Å². The van der Waals surface area contributed by atoms with Crippen molar-refractivity contribution in [1.82, 2.24) is 0 Å². The van der Waals surface area contributed by atoms with Crippen LogP contribution in [0.4, 0.5) is 0 Å². The van der Waals surface area contributed by atoms with Crippen LogP contribution in [0.2, 0.25) is 5.02 Å². The van der Waals surface area contributed by atoms with Crippen LogP contribution in [0.5, 0.6) is 0 Å². The molecule has 0 unspecified atom stereocenters. The number of aliphatic hydroxyl groups excluding tert-OH is 1. The third-order valence-electron chi connectivity index (χ3n) is 3.55. The SMILES string of the molecule is C[C@H](/C=C\C[C@H](O)c1cccc(Cl)c1)COCc1ccccc1. The molecule has 0 aliphatic heterocycles. The van der Waals surface area contributed by atoms with Gasteiger partial charge >= 0.3 is 0 Å². The summed E-state index contributed by atoms with van der Waals surface area (Å²) in [6.07, 6.45) is 4.13. The number of rotatable bonds is 8. The predicted octanol–water partition coefficient (Wildman–Crippen LogP) is 5.17. The van der Waals surface area contributed by atoms with Gasteiger partial charge in [0.1, 0.15) is 0 Å². The van der Waals surface area contributed by atoms with Gasteiger partial charge in [-0.3, -0.25) is 0 Å². The van der Waals surface area contributed by atoms with Gasteiger partial charge in [-0.15, -0.1) is 0 Å². The zero-order valence-electron chi connectivity index (χ0n) is 13.4. The average molecular weight is 331 g/mol. The van der Waals surface area contributed by atoms with Crippen molar-refractivity contribution in [3.63, 3.8) is 0 Å². The van der Waals surface area contributed by atoms with Crippen molar-refractivity contribution in [2.24, 2.45) is 5.92 Å². The molecule has 0 radical (unpaired) electrons. The molecule has 2 aromatic rings. The van der Waals surface area contributed by atoms with Crippen LogP contribution >= 0.6 is 11.6 Å². The lowest BCUT2D eigenvalue weighted by atomic mass is 10.1. The van der Waals surface area contributed by atoms with Crippen LogP contribution in [0.1, 0.15) is 30.6 Å². The second kappa shape index (κ2) is 9.51. The Morgan fingerprint density at radius 3 is 2.65 bits per heavy atom. The minimum atomic E-state index is -0.526. The van der Waals surface area contributed by atoms with Gasteiger partial charge in [0, 0.05) is 5.02 Å². The molecule has 0 saturated carbocycles. The fourth-order valence-electron chi connectivity index (χ4n) is 2.28. The lowest BCUT2D eigenvalue weighted by molar-refractivity contribution is 0.104. The molecule has 0 aromatic heterocycles. The van der Waals surface area contributed by atoms with E-state index in [1.165, 1.54) is 5.56 Å². The topological polar surface area (TPSA) is 29.5 Å². The molecule has 0 fully saturated rings. The lowest BCUT2D eigenvalue weighted by Gasteiger charge is -2.10. The van der Waals surface area contributed by atoms with Crippen LogP contribution in [0.3, 0.4) is 0 Å². The van der Waals surface area contributed by atoms with Crippen molar-refractivity contribution in [2.45, 2.75) is 26.1 Å². The summed E-state index contributed by atoms with van der Waals surface area (Å²) in [5, 5.41) is 10.8. The summed E-state index contributed by atoms with van der Waals surface area (Å²) < 4.78 is 5.71. The molecule has 0 spiro atoms. The number of benzene rings is 2. The Bertz CT molecular complexity index is 610. The van der Waals surface area contributed by atoms with Crippen molar-refractivity contribution in [3.8, 4) is 0 Å². The summed E-state index contributed by atoms with van der Waals surface area (Å²) in [4.78, 5) is 0. The smallest absolute Gasteiger partial charge is 0.0824 e. The molecule has 0 heterocycles. The van der Waals surface area contributed by atoms with Crippen LogP contribution in [0.15, 0.2) is 66.7 Å². The van der Waals surface area contributed by atoms with E-state index in [1.807, 2.05) is 36.4 Å². The van der Waals surface area contributed by atoms with E-state index >= 15 is 0 Å². The van der Waals surface area contributed by atoms with Crippen LogP contribution in [0.25, 0.3) is 0 Å². The molecule has 3 heteroatoms. The molecule has 2 nitrogen and oxygen atoms in total. The zero-order chi connectivity index (χ0) is 16.5. The molecule has 0 saturated heterocycles. The van der Waals surface area contributed by atoms with Crippen molar-refractivity contribution in [3.05, 3.63) is 82.9 Å². The second-order valence-electron chi connectivity index (χ2n) is 5.71. The van der Waals surface area contributed by atoms with Crippen molar-refractivity contribution < 1.29 is 9.84 Å². The van der Waals surface area contributed by atoms with Gasteiger partial charge in [0.15, 0.2) is 0 Å². The van der Waals surface area contributed by atoms with Crippen molar-refractivity contribution in [1.29, 1.82) is 0 Å². The fraction of sp³-hybridized carbons (Fsp3) is 0.300. The van der Waals surface area contributed by atoms with Crippen molar-refractivity contribution >= 4 is 11.6 Å². The summed E-state index contributed by atoms with van der Waals surface area (Å²) in [5.74, 6) is 0.310. The van der Waals surface area contributed by atoms with E-state index in [-0.39, 0.29) is 0 Å². The Morgan fingerprint density at radius 1 is 1.13 bits per heavy atom. The number of hydrogen-bond donors (Lipinski definition) is 1. The quantitative estimate of drug-likeness (QED) is 0.676. The Morgan fingerprint density at radius 2 is 1.91 bits per heavy atom. The first-order valence-electron chi connectivity index (χ1n) is 7.87. The first-order valence-corrected chi connectivity index (χ1v) is 8.25. The van der Waals surface area contributed by atoms with E-state index in [0.717, 1.165) is 5.56 Å². The maximum Gasteiger partial charge on any atom is 0.0824 e. The van der Waals surface area contributed by atoms with Gasteiger partial charge in [-0.1, -0.05) is 73.1 Å². The summed E-state index contributed by atoms with van der Waals surface area (Å²) >= 11 is 5.94. The molecule has 0 amide bonds. The average Bonchev–Trinajstić information content (AvgIpc) is 2.56. The molecule has 122 valence electrons. The zero-order valence-corrected chi connectivity index (χ0v) is 14.1. The molecule has 0 aliphatic carbocycles. The molecule has 1 N–H and O–H groups in total. The van der Waals surface area contributed by atoms with Gasteiger partial charge < -0.3 is 9.84 Å². The molecule has 2 aromatic carbocycles. The number of aliphatic hydroxyl groups is 1. The summed E-state index contributed by atoms with van der Waals surface area (Å²) in [6, 6.07) is 17.5. The Hall–Kier alpha value is -1.61. The molecule has 0 bridgehead atoms. The van der Waals surface area contributed by atoms with Gasteiger partial charge in [-0.25, -0.2) is 0 Å². The minimum absolute atomic E-state index is 0.310. The van der Waals surface area contributed by atoms with E-state index in [2.05, 4.69) is 25.1 Å². The van der Waals surface area contributed by atoms with Crippen LogP contribution in [-0.4, -0.2) is 11.7 Å². The molecule has 2 rings (SSSR count). The highest BCUT2D eigenvalue weighted by Crippen LogP contribution is 2.20. The predicted molar refractivity (Wildman–Crippen MR) is 95.4 cm³/mol. The number of halogens is 1. The summed E-state index contributed by atoms with van der Waals surface area (Å²) in [7, 11) is 0. The standard InChI is InChI=1S/C20H23ClO2/c1-16(14-23-15-17-8-3-2-4-9-17)7-5-12-20(22)18-10-6-11-19(21)13-18/h2-11,13,16,20,22H,12,14-15H2,1H3/b7-5-/t16-,20+/m1/s1. The monoisotopic (exact) mass is 330 g/mol. The third kappa shape index (κ3) is 6.57. The molecule has 23 heavy (non-hydrogen) atoms. The van der Waals surface area contributed by atoms with E-state index in [0.29, 0.717) is 30.6 Å². The maximum absolute atomic E-state index is 10.1. The first-order chi connectivity index (χ1) is 11.1. The lowest BCUT2D eigenvalue weighted by Crippen LogP contribution is -2.03. The molecule has 0 aliphatic rings. The first kappa shape index (κ1) is 17.7. The molecular formula is C20H23ClO2. The van der Waals surface area contributed by atoms with E-state index in [9.17, 15) is 5.11 Å². The third-order valence-corrected chi connectivity index (χ3v) is 3.78. The second-order valence-corrected chi connectivity index (χ2v) is 6.15. The van der Waals surface area contributed by atoms with Crippen molar-refractivity contribution in [2.75, 3.05) is 6.61 Å². The maximum atomic E-state index is 10.1. The van der Waals surface area contributed by atoms with Crippen LogP contribution in [0, 0.1) is 5.92 Å². The number of hydrogen-bond acceptors (Lipinski definition) is 2. The van der Waals surface area contributed by atoms with E-state index in [4.69, 9.17) is 16.3 Å². The Labute approximate surface area is 143 Å². The van der Waals surface area contributed by atoms with Gasteiger partial charge in [0.25, 0.3) is 0 Å². The molecule has 2 atom stereocenters. The Kier molecular flexibility index (Phi) is 7.34. The molecular weight excluding hydrogens is 308 g/mol. The number of ether oxygens (including phenoxy) is 1. The fourth-order valence-corrected chi connectivity index (χ4v) is 2.48. The normalized spacial score (nSPS) is 14.0. The minimum Gasteiger partial charge on any atom is -0.388 e. The summed E-state index contributed by atoms with van der Waals surface area (Å²) in [5.41, 5.74) is 2.02. The highest BCUT2D eigenvalue weighted by molar-refractivity contribution is 6.30. The summed E-state index contributed by atoms with van der Waals surface area (Å²) in [6.45, 7) is 3.40.